The van der Waals surface area contributed by atoms with Crippen molar-refractivity contribution in [2.75, 3.05) is 33.3 Å². The number of likely N-dealkylation sites (tertiary alicyclic amines) is 1. The van der Waals surface area contributed by atoms with Crippen molar-refractivity contribution in [3.63, 3.8) is 0 Å². The van der Waals surface area contributed by atoms with Crippen molar-refractivity contribution >= 4 is 17.2 Å². The highest BCUT2D eigenvalue weighted by Crippen LogP contribution is 2.36. The normalized spacial score (nSPS) is 18.5. The lowest BCUT2D eigenvalue weighted by molar-refractivity contribution is 0.0703. The zero-order chi connectivity index (χ0) is 23.2. The van der Waals surface area contributed by atoms with Gasteiger partial charge in [-0.1, -0.05) is 50.2 Å². The largest absolute Gasteiger partial charge is 0.497 e. The maximum absolute atomic E-state index is 13.4. The summed E-state index contributed by atoms with van der Waals surface area (Å²) in [4.78, 5) is 19.5. The predicted molar refractivity (Wildman–Crippen MR) is 136 cm³/mol. The molecule has 3 aromatic rings. The summed E-state index contributed by atoms with van der Waals surface area (Å²) >= 11 is 1.81. The van der Waals surface area contributed by atoms with Gasteiger partial charge in [-0.3, -0.25) is 9.69 Å². The molecule has 1 amide bonds. The van der Waals surface area contributed by atoms with Crippen molar-refractivity contribution in [1.29, 1.82) is 0 Å². The van der Waals surface area contributed by atoms with Crippen LogP contribution in [0, 0.1) is 11.8 Å². The van der Waals surface area contributed by atoms with E-state index in [0.717, 1.165) is 44.0 Å². The summed E-state index contributed by atoms with van der Waals surface area (Å²) in [5.74, 6) is 2.16. The Hall–Kier alpha value is -2.63. The fourth-order valence-electron chi connectivity index (χ4n) is 4.87. The predicted octanol–water partition coefficient (Wildman–Crippen LogP) is 5.77. The fraction of sp³-hybridized carbons (Fsp3) is 0.393. The van der Waals surface area contributed by atoms with E-state index in [0.29, 0.717) is 17.8 Å². The van der Waals surface area contributed by atoms with E-state index in [1.807, 2.05) is 47.7 Å². The third-order valence-corrected chi connectivity index (χ3v) is 7.21. The Morgan fingerprint density at radius 3 is 2.61 bits per heavy atom. The number of hydrogen-bond donors (Lipinski definition) is 0. The van der Waals surface area contributed by atoms with Crippen LogP contribution in [-0.4, -0.2) is 49.0 Å². The van der Waals surface area contributed by atoms with Crippen molar-refractivity contribution in [2.24, 2.45) is 11.8 Å². The highest BCUT2D eigenvalue weighted by molar-refractivity contribution is 7.09. The Labute approximate surface area is 201 Å². The molecule has 1 aliphatic heterocycles. The van der Waals surface area contributed by atoms with Gasteiger partial charge in [-0.2, -0.15) is 0 Å². The highest BCUT2D eigenvalue weighted by Gasteiger charge is 2.36. The standard InChI is InChI=1S/C28H34N2O2S/c1-21(2)16-30(28(31)22-9-5-4-6-10-22)18-24-17-29(19-26-13-8-14-33-26)20-27(24)23-11-7-12-25(15-23)32-3/h4-15,21,24,27H,16-20H2,1-3H3. The number of carbonyl (C=O) groups excluding carboxylic acids is 1. The van der Waals surface area contributed by atoms with E-state index in [2.05, 4.69) is 59.4 Å². The number of rotatable bonds is 9. The summed E-state index contributed by atoms with van der Waals surface area (Å²) < 4.78 is 5.52. The van der Waals surface area contributed by atoms with E-state index >= 15 is 0 Å². The summed E-state index contributed by atoms with van der Waals surface area (Å²) in [5.41, 5.74) is 2.06. The van der Waals surface area contributed by atoms with Crippen LogP contribution in [0.1, 0.15) is 40.6 Å². The molecule has 0 N–H and O–H groups in total. The lowest BCUT2D eigenvalue weighted by Crippen LogP contribution is -2.39. The van der Waals surface area contributed by atoms with Crippen LogP contribution in [0.3, 0.4) is 0 Å². The minimum atomic E-state index is 0.130. The van der Waals surface area contributed by atoms with Crippen molar-refractivity contribution < 1.29 is 9.53 Å². The number of hydrogen-bond acceptors (Lipinski definition) is 4. The molecular weight excluding hydrogens is 428 g/mol. The summed E-state index contributed by atoms with van der Waals surface area (Å²) in [5, 5.41) is 2.14. The van der Waals surface area contributed by atoms with Crippen molar-refractivity contribution in [2.45, 2.75) is 26.3 Å². The fourth-order valence-corrected chi connectivity index (χ4v) is 5.62. The van der Waals surface area contributed by atoms with Gasteiger partial charge in [0.05, 0.1) is 7.11 Å². The number of thiophene rings is 1. The first kappa shape index (κ1) is 23.5. The number of methoxy groups -OCH3 is 1. The Bertz CT molecular complexity index is 1020. The number of amides is 1. The Kier molecular flexibility index (Phi) is 7.84. The molecule has 1 aliphatic rings. The second kappa shape index (κ2) is 11.0. The van der Waals surface area contributed by atoms with Gasteiger partial charge in [0.1, 0.15) is 5.75 Å². The van der Waals surface area contributed by atoms with Gasteiger partial charge in [0.25, 0.3) is 5.91 Å². The summed E-state index contributed by atoms with van der Waals surface area (Å²) in [7, 11) is 1.72. The molecule has 1 saturated heterocycles. The zero-order valence-corrected chi connectivity index (χ0v) is 20.6. The topological polar surface area (TPSA) is 32.8 Å². The molecule has 4 nitrogen and oxygen atoms in total. The van der Waals surface area contributed by atoms with E-state index < -0.39 is 0 Å². The van der Waals surface area contributed by atoms with Crippen LogP contribution >= 0.6 is 11.3 Å². The van der Waals surface area contributed by atoms with Crippen molar-refractivity contribution in [1.82, 2.24) is 9.80 Å². The Morgan fingerprint density at radius 2 is 1.91 bits per heavy atom. The molecule has 1 aromatic heterocycles. The number of nitrogens with zero attached hydrogens (tertiary/aromatic N) is 2. The van der Waals surface area contributed by atoms with E-state index in [1.165, 1.54) is 10.4 Å². The van der Waals surface area contributed by atoms with Crippen LogP contribution in [0.15, 0.2) is 72.1 Å². The zero-order valence-electron chi connectivity index (χ0n) is 19.8. The highest BCUT2D eigenvalue weighted by atomic mass is 32.1. The molecule has 4 rings (SSSR count). The van der Waals surface area contributed by atoms with Crippen molar-refractivity contribution in [3.05, 3.63) is 88.1 Å². The lowest BCUT2D eigenvalue weighted by Gasteiger charge is -2.30. The average Bonchev–Trinajstić information content (AvgIpc) is 3.48. The van der Waals surface area contributed by atoms with Gasteiger partial charge in [0.2, 0.25) is 0 Å². The molecule has 5 heteroatoms. The maximum atomic E-state index is 13.4. The molecule has 2 aromatic carbocycles. The molecule has 2 heterocycles. The van der Waals surface area contributed by atoms with Gasteiger partial charge in [-0.25, -0.2) is 0 Å². The number of benzene rings is 2. The van der Waals surface area contributed by atoms with Gasteiger partial charge in [-0.15, -0.1) is 11.3 Å². The summed E-state index contributed by atoms with van der Waals surface area (Å²) in [6, 6.07) is 22.5. The third kappa shape index (κ3) is 6.04. The van der Waals surface area contributed by atoms with Crippen LogP contribution in [0.2, 0.25) is 0 Å². The maximum Gasteiger partial charge on any atom is 0.253 e. The summed E-state index contributed by atoms with van der Waals surface area (Å²) in [6.45, 7) is 8.83. The Balaban J connectivity index is 1.59. The van der Waals surface area contributed by atoms with Crippen LogP contribution in [0.5, 0.6) is 5.75 Å². The second-order valence-corrected chi connectivity index (χ2v) is 10.4. The molecule has 0 aliphatic carbocycles. The molecule has 0 radical (unpaired) electrons. The quantitative estimate of drug-likeness (QED) is 0.405. The van der Waals surface area contributed by atoms with E-state index in [4.69, 9.17) is 4.74 Å². The minimum Gasteiger partial charge on any atom is -0.497 e. The monoisotopic (exact) mass is 462 g/mol. The SMILES string of the molecule is COc1cccc(C2CN(Cc3cccs3)CC2CN(CC(C)C)C(=O)c2ccccc2)c1. The Morgan fingerprint density at radius 1 is 1.09 bits per heavy atom. The molecule has 0 bridgehead atoms. The molecule has 2 unspecified atom stereocenters. The van der Waals surface area contributed by atoms with Gasteiger partial charge >= 0.3 is 0 Å². The van der Waals surface area contributed by atoms with Gasteiger partial charge < -0.3 is 9.64 Å². The molecule has 0 spiro atoms. The first-order valence-corrected chi connectivity index (χ1v) is 12.6. The molecule has 33 heavy (non-hydrogen) atoms. The minimum absolute atomic E-state index is 0.130. The third-order valence-electron chi connectivity index (χ3n) is 6.35. The van der Waals surface area contributed by atoms with Crippen LogP contribution in [0.25, 0.3) is 0 Å². The lowest BCUT2D eigenvalue weighted by atomic mass is 9.88. The first-order valence-electron chi connectivity index (χ1n) is 11.8. The van der Waals surface area contributed by atoms with Crippen molar-refractivity contribution in [3.8, 4) is 5.75 Å². The molecule has 2 atom stereocenters. The number of ether oxygens (including phenoxy) is 1. The van der Waals surface area contributed by atoms with Crippen LogP contribution < -0.4 is 4.74 Å². The van der Waals surface area contributed by atoms with E-state index in [-0.39, 0.29) is 5.91 Å². The summed E-state index contributed by atoms with van der Waals surface area (Å²) in [6.07, 6.45) is 0. The molecule has 1 fully saturated rings. The molecule has 0 saturated carbocycles. The smallest absolute Gasteiger partial charge is 0.253 e. The van der Waals surface area contributed by atoms with E-state index in [1.54, 1.807) is 7.11 Å². The molecule has 174 valence electrons. The number of carbonyl (C=O) groups is 1. The van der Waals surface area contributed by atoms with Gasteiger partial charge in [0.15, 0.2) is 0 Å². The van der Waals surface area contributed by atoms with Gasteiger partial charge in [0, 0.05) is 49.1 Å². The molecular formula is C28H34N2O2S. The second-order valence-electron chi connectivity index (χ2n) is 9.39. The average molecular weight is 463 g/mol. The first-order chi connectivity index (χ1) is 16.0. The van der Waals surface area contributed by atoms with E-state index in [9.17, 15) is 4.79 Å². The van der Waals surface area contributed by atoms with Gasteiger partial charge in [-0.05, 0) is 53.1 Å². The van der Waals surface area contributed by atoms with Crippen LogP contribution in [-0.2, 0) is 6.54 Å². The van der Waals surface area contributed by atoms with Crippen LogP contribution in [0.4, 0.5) is 0 Å².